The van der Waals surface area contributed by atoms with E-state index in [-0.39, 0.29) is 18.2 Å². The Hall–Kier alpha value is -1.69. The molecular formula is C13H15BrN4O. The standard InChI is InChI=1S/C13H15BrN4O/c1-8(2)18-13(16-7-17-18)6-12(19)10-5-9(15)3-4-11(10)14/h3-5,7-8H,6,15H2,1-2H3. The van der Waals surface area contributed by atoms with E-state index in [1.807, 2.05) is 13.8 Å². The third-order valence-corrected chi connectivity index (χ3v) is 3.44. The summed E-state index contributed by atoms with van der Waals surface area (Å²) in [6.07, 6.45) is 1.68. The van der Waals surface area contributed by atoms with Gasteiger partial charge in [-0.15, -0.1) is 0 Å². The number of nitrogen functional groups attached to an aromatic ring is 1. The van der Waals surface area contributed by atoms with Crippen LogP contribution < -0.4 is 5.73 Å². The molecule has 0 aliphatic rings. The van der Waals surface area contributed by atoms with Crippen molar-refractivity contribution in [2.45, 2.75) is 26.3 Å². The van der Waals surface area contributed by atoms with E-state index in [1.165, 1.54) is 6.33 Å². The molecule has 0 saturated heterocycles. The number of hydrogen-bond donors (Lipinski definition) is 1. The van der Waals surface area contributed by atoms with Crippen LogP contribution in [0.5, 0.6) is 0 Å². The van der Waals surface area contributed by atoms with Crippen LogP contribution >= 0.6 is 15.9 Å². The van der Waals surface area contributed by atoms with Crippen LogP contribution in [-0.4, -0.2) is 20.5 Å². The SMILES string of the molecule is CC(C)n1ncnc1CC(=O)c1cc(N)ccc1Br. The summed E-state index contributed by atoms with van der Waals surface area (Å²) in [5.74, 6) is 0.628. The maximum absolute atomic E-state index is 12.3. The average Bonchev–Trinajstić information content (AvgIpc) is 2.80. The van der Waals surface area contributed by atoms with Crippen LogP contribution in [0, 0.1) is 0 Å². The van der Waals surface area contributed by atoms with E-state index in [2.05, 4.69) is 26.0 Å². The topological polar surface area (TPSA) is 73.8 Å². The highest BCUT2D eigenvalue weighted by Gasteiger charge is 2.16. The van der Waals surface area contributed by atoms with Crippen molar-refractivity contribution in [1.82, 2.24) is 14.8 Å². The highest BCUT2D eigenvalue weighted by molar-refractivity contribution is 9.10. The molecule has 5 nitrogen and oxygen atoms in total. The molecular weight excluding hydrogens is 308 g/mol. The summed E-state index contributed by atoms with van der Waals surface area (Å²) < 4.78 is 2.49. The van der Waals surface area contributed by atoms with Gasteiger partial charge in [-0.1, -0.05) is 15.9 Å². The molecule has 2 rings (SSSR count). The molecule has 0 bridgehead atoms. The lowest BCUT2D eigenvalue weighted by molar-refractivity contribution is 0.0988. The van der Waals surface area contributed by atoms with Crippen molar-refractivity contribution >= 4 is 27.4 Å². The maximum atomic E-state index is 12.3. The van der Waals surface area contributed by atoms with Gasteiger partial charge >= 0.3 is 0 Å². The number of hydrogen-bond acceptors (Lipinski definition) is 4. The second-order valence-corrected chi connectivity index (χ2v) is 5.41. The van der Waals surface area contributed by atoms with Crippen molar-refractivity contribution in [3.8, 4) is 0 Å². The minimum absolute atomic E-state index is 0.0333. The van der Waals surface area contributed by atoms with Gasteiger partial charge in [-0.3, -0.25) is 4.79 Å². The van der Waals surface area contributed by atoms with Gasteiger partial charge in [0.2, 0.25) is 0 Å². The molecule has 0 saturated carbocycles. The number of aromatic nitrogens is 3. The zero-order valence-corrected chi connectivity index (χ0v) is 12.4. The van der Waals surface area contributed by atoms with E-state index in [1.54, 1.807) is 22.9 Å². The highest BCUT2D eigenvalue weighted by Crippen LogP contribution is 2.21. The Morgan fingerprint density at radius 3 is 2.89 bits per heavy atom. The molecule has 0 fully saturated rings. The molecule has 0 unspecified atom stereocenters. The van der Waals surface area contributed by atoms with Gasteiger partial charge in [-0.2, -0.15) is 5.10 Å². The molecule has 0 atom stereocenters. The smallest absolute Gasteiger partial charge is 0.171 e. The van der Waals surface area contributed by atoms with Gasteiger partial charge in [0.15, 0.2) is 5.78 Å². The molecule has 2 aromatic rings. The highest BCUT2D eigenvalue weighted by atomic mass is 79.9. The van der Waals surface area contributed by atoms with Crippen LogP contribution in [0.15, 0.2) is 29.0 Å². The lowest BCUT2D eigenvalue weighted by atomic mass is 10.1. The molecule has 0 aliphatic carbocycles. The maximum Gasteiger partial charge on any atom is 0.171 e. The fourth-order valence-corrected chi connectivity index (χ4v) is 2.30. The van der Waals surface area contributed by atoms with Gasteiger partial charge in [0.25, 0.3) is 0 Å². The second kappa shape index (κ2) is 5.52. The van der Waals surface area contributed by atoms with E-state index < -0.39 is 0 Å². The Kier molecular flexibility index (Phi) is 3.99. The monoisotopic (exact) mass is 322 g/mol. The lowest BCUT2D eigenvalue weighted by Crippen LogP contribution is -2.13. The van der Waals surface area contributed by atoms with Crippen LogP contribution in [0.2, 0.25) is 0 Å². The molecule has 0 aliphatic heterocycles. The minimum atomic E-state index is -0.0333. The Morgan fingerprint density at radius 1 is 1.47 bits per heavy atom. The van der Waals surface area contributed by atoms with Crippen LogP contribution in [0.4, 0.5) is 5.69 Å². The first-order valence-corrected chi connectivity index (χ1v) is 6.75. The molecule has 6 heteroatoms. The number of nitrogens with two attached hydrogens (primary N) is 1. The van der Waals surface area contributed by atoms with Crippen molar-refractivity contribution in [1.29, 1.82) is 0 Å². The normalized spacial score (nSPS) is 10.9. The summed E-state index contributed by atoms with van der Waals surface area (Å²) in [7, 11) is 0. The molecule has 1 aromatic carbocycles. The van der Waals surface area contributed by atoms with Crippen molar-refractivity contribution < 1.29 is 4.79 Å². The molecule has 19 heavy (non-hydrogen) atoms. The number of carbonyl (C=O) groups excluding carboxylic acids is 1. The van der Waals surface area contributed by atoms with Crippen LogP contribution in [0.1, 0.15) is 36.1 Å². The minimum Gasteiger partial charge on any atom is -0.399 e. The first-order valence-electron chi connectivity index (χ1n) is 5.95. The average molecular weight is 323 g/mol. The summed E-state index contributed by atoms with van der Waals surface area (Å²) in [6, 6.07) is 5.37. The quantitative estimate of drug-likeness (QED) is 0.693. The van der Waals surface area contributed by atoms with E-state index in [9.17, 15) is 4.79 Å². The Balaban J connectivity index is 2.26. The van der Waals surface area contributed by atoms with Crippen molar-refractivity contribution in [3.05, 3.63) is 40.4 Å². The van der Waals surface area contributed by atoms with Gasteiger partial charge in [0.05, 0.1) is 6.42 Å². The third kappa shape index (κ3) is 3.01. The zero-order valence-electron chi connectivity index (χ0n) is 10.8. The summed E-state index contributed by atoms with van der Waals surface area (Å²) >= 11 is 3.36. The number of halogens is 1. The lowest BCUT2D eigenvalue weighted by Gasteiger charge is -2.09. The molecule has 1 aromatic heterocycles. The van der Waals surface area contributed by atoms with Crippen molar-refractivity contribution in [3.63, 3.8) is 0 Å². The summed E-state index contributed by atoms with van der Waals surface area (Å²) in [6.45, 7) is 4.00. The van der Waals surface area contributed by atoms with Crippen LogP contribution in [0.3, 0.4) is 0 Å². The van der Waals surface area contributed by atoms with Crippen molar-refractivity contribution in [2.75, 3.05) is 5.73 Å². The third-order valence-electron chi connectivity index (χ3n) is 2.75. The largest absolute Gasteiger partial charge is 0.399 e. The number of rotatable bonds is 4. The first-order chi connectivity index (χ1) is 8.99. The fourth-order valence-electron chi connectivity index (χ4n) is 1.83. The summed E-state index contributed by atoms with van der Waals surface area (Å²) in [4.78, 5) is 16.4. The Labute approximate surface area is 120 Å². The molecule has 0 spiro atoms. The van der Waals surface area contributed by atoms with E-state index in [0.29, 0.717) is 17.1 Å². The summed E-state index contributed by atoms with van der Waals surface area (Å²) in [5, 5.41) is 4.12. The first kappa shape index (κ1) is 13.7. The van der Waals surface area contributed by atoms with Gasteiger partial charge in [-0.25, -0.2) is 9.67 Å². The van der Waals surface area contributed by atoms with Gasteiger partial charge in [0.1, 0.15) is 12.2 Å². The van der Waals surface area contributed by atoms with Gasteiger partial charge in [-0.05, 0) is 32.0 Å². The van der Waals surface area contributed by atoms with E-state index >= 15 is 0 Å². The zero-order chi connectivity index (χ0) is 14.0. The molecule has 100 valence electrons. The Morgan fingerprint density at radius 2 is 2.21 bits per heavy atom. The number of nitrogens with zero attached hydrogens (tertiary/aromatic N) is 3. The molecule has 1 heterocycles. The Bertz CT molecular complexity index is 606. The molecule has 2 N–H and O–H groups in total. The van der Waals surface area contributed by atoms with E-state index in [4.69, 9.17) is 5.73 Å². The van der Waals surface area contributed by atoms with Gasteiger partial charge < -0.3 is 5.73 Å². The number of anilines is 1. The molecule has 0 radical (unpaired) electrons. The van der Waals surface area contributed by atoms with Crippen molar-refractivity contribution in [2.24, 2.45) is 0 Å². The van der Waals surface area contributed by atoms with Crippen LogP contribution in [0.25, 0.3) is 0 Å². The van der Waals surface area contributed by atoms with Gasteiger partial charge in [0, 0.05) is 21.8 Å². The number of ketones is 1. The number of carbonyl (C=O) groups is 1. The fraction of sp³-hybridized carbons (Fsp3) is 0.308. The number of benzene rings is 1. The predicted molar refractivity (Wildman–Crippen MR) is 77.0 cm³/mol. The van der Waals surface area contributed by atoms with E-state index in [0.717, 1.165) is 4.47 Å². The predicted octanol–water partition coefficient (Wildman–Crippen LogP) is 2.63. The number of Topliss-reactive ketones (excluding diaryl/α,β-unsaturated/α-hetero) is 1. The molecule has 0 amide bonds. The summed E-state index contributed by atoms with van der Waals surface area (Å²) in [5.41, 5.74) is 6.84. The second-order valence-electron chi connectivity index (χ2n) is 4.55. The van der Waals surface area contributed by atoms with Crippen LogP contribution in [-0.2, 0) is 6.42 Å².